The van der Waals surface area contributed by atoms with Gasteiger partial charge in [0.15, 0.2) is 17.9 Å². The molecule has 2 saturated carbocycles. The lowest BCUT2D eigenvalue weighted by Crippen LogP contribution is -2.52. The van der Waals surface area contributed by atoms with E-state index in [0.29, 0.717) is 35.2 Å². The number of hydrazone groups is 1. The Kier molecular flexibility index (Phi) is 5.57. The number of likely N-dealkylation sites (N-methyl/N-ethyl adjacent to an activating group) is 1. The number of guanidine groups is 2. The van der Waals surface area contributed by atoms with E-state index in [1.54, 1.807) is 12.3 Å². The summed E-state index contributed by atoms with van der Waals surface area (Å²) in [6, 6.07) is 2.51. The molecule has 4 aliphatic heterocycles. The highest BCUT2D eigenvalue weighted by molar-refractivity contribution is 5.94. The summed E-state index contributed by atoms with van der Waals surface area (Å²) < 4.78 is 14.5. The SMILES string of the molecule is C=C1NC(N2C[C@@H]3[C@H](C2)[C@H]3N(C)C2=NC(c3ccncc3F)=CC(=C)N2C)=NC2C1C(C)=NN2C1CCCC1. The third-order valence-corrected chi connectivity index (χ3v) is 9.41. The number of pyridine rings is 1. The zero-order valence-electron chi connectivity index (χ0n) is 22.9. The van der Waals surface area contributed by atoms with Crippen LogP contribution in [0.25, 0.3) is 5.70 Å². The fraction of sp³-hybridized carbons (Fsp3) is 0.517. The van der Waals surface area contributed by atoms with E-state index in [-0.39, 0.29) is 17.9 Å². The Morgan fingerprint density at radius 2 is 1.90 bits per heavy atom. The van der Waals surface area contributed by atoms with Gasteiger partial charge in [0.05, 0.1) is 17.8 Å². The molecule has 1 aromatic rings. The van der Waals surface area contributed by atoms with Crippen LogP contribution in [0.5, 0.6) is 0 Å². The first-order valence-corrected chi connectivity index (χ1v) is 14.0. The molecule has 2 unspecified atom stereocenters. The fourth-order valence-electron chi connectivity index (χ4n) is 7.25. The van der Waals surface area contributed by atoms with Gasteiger partial charge in [0, 0.05) is 80.0 Å². The topological polar surface area (TPSA) is 75.0 Å². The molecule has 10 heteroatoms. The Morgan fingerprint density at radius 1 is 1.15 bits per heavy atom. The number of rotatable bonds is 3. The number of halogens is 1. The van der Waals surface area contributed by atoms with Gasteiger partial charge in [-0.3, -0.25) is 9.99 Å². The Morgan fingerprint density at radius 3 is 2.62 bits per heavy atom. The highest BCUT2D eigenvalue weighted by Crippen LogP contribution is 2.49. The molecule has 0 aromatic carbocycles. The summed E-state index contributed by atoms with van der Waals surface area (Å²) in [6.07, 6.45) is 9.59. The maximum absolute atomic E-state index is 14.5. The van der Waals surface area contributed by atoms with Crippen LogP contribution in [0.1, 0.15) is 38.2 Å². The van der Waals surface area contributed by atoms with E-state index in [4.69, 9.17) is 15.1 Å². The van der Waals surface area contributed by atoms with Crippen molar-refractivity contribution in [1.82, 2.24) is 30.0 Å². The molecule has 9 nitrogen and oxygen atoms in total. The molecule has 1 saturated heterocycles. The van der Waals surface area contributed by atoms with Crippen molar-refractivity contribution in [2.45, 2.75) is 50.9 Å². The molecule has 2 aliphatic carbocycles. The zero-order valence-corrected chi connectivity index (χ0v) is 22.9. The van der Waals surface area contributed by atoms with Gasteiger partial charge in [0.2, 0.25) is 5.96 Å². The van der Waals surface area contributed by atoms with Gasteiger partial charge in [-0.2, -0.15) is 5.10 Å². The largest absolute Gasteiger partial charge is 0.342 e. The van der Waals surface area contributed by atoms with Crippen LogP contribution in [0.4, 0.5) is 4.39 Å². The predicted octanol–water partition coefficient (Wildman–Crippen LogP) is 3.29. The Hall–Kier alpha value is -3.69. The zero-order chi connectivity index (χ0) is 27.0. The molecule has 0 spiro atoms. The molecule has 3 fully saturated rings. The molecule has 7 rings (SSSR count). The molecule has 39 heavy (non-hydrogen) atoms. The molecule has 204 valence electrons. The summed E-state index contributed by atoms with van der Waals surface area (Å²) in [5.74, 6) is 2.50. The summed E-state index contributed by atoms with van der Waals surface area (Å²) in [5.41, 5.74) is 3.89. The number of piperidine rings is 1. The number of nitrogens with one attached hydrogen (secondary N) is 1. The van der Waals surface area contributed by atoms with Gasteiger partial charge in [-0.25, -0.2) is 14.4 Å². The lowest BCUT2D eigenvalue weighted by Gasteiger charge is -2.38. The number of aliphatic imine (C=N–C) groups is 2. The molecular formula is C29H36FN9. The van der Waals surface area contributed by atoms with Crippen molar-refractivity contribution in [1.29, 1.82) is 0 Å². The molecule has 5 heterocycles. The summed E-state index contributed by atoms with van der Waals surface area (Å²) in [7, 11) is 4.05. The van der Waals surface area contributed by atoms with Crippen molar-refractivity contribution in [2.24, 2.45) is 32.8 Å². The van der Waals surface area contributed by atoms with Gasteiger partial charge in [0.25, 0.3) is 0 Å². The summed E-state index contributed by atoms with van der Waals surface area (Å²) in [6.45, 7) is 12.5. The lowest BCUT2D eigenvalue weighted by molar-refractivity contribution is 0.146. The monoisotopic (exact) mass is 529 g/mol. The maximum atomic E-state index is 14.5. The van der Waals surface area contributed by atoms with Crippen molar-refractivity contribution in [3.8, 4) is 0 Å². The molecular weight excluding hydrogens is 493 g/mol. The van der Waals surface area contributed by atoms with Crippen molar-refractivity contribution in [3.63, 3.8) is 0 Å². The average Bonchev–Trinajstić information content (AvgIpc) is 3.34. The molecule has 1 N–H and O–H groups in total. The van der Waals surface area contributed by atoms with Crippen LogP contribution < -0.4 is 5.32 Å². The number of nitrogens with zero attached hydrogens (tertiary/aromatic N) is 8. The Bertz CT molecular complexity index is 1340. The molecule has 6 aliphatic rings. The molecule has 1 aromatic heterocycles. The average molecular weight is 530 g/mol. The number of hydrogen-bond acceptors (Lipinski definition) is 9. The summed E-state index contributed by atoms with van der Waals surface area (Å²) in [4.78, 5) is 20.6. The minimum absolute atomic E-state index is 0.0160. The van der Waals surface area contributed by atoms with Crippen LogP contribution in [0, 0.1) is 23.6 Å². The number of fused-ring (bicyclic) bond motifs is 2. The van der Waals surface area contributed by atoms with E-state index in [1.165, 1.54) is 31.9 Å². The summed E-state index contributed by atoms with van der Waals surface area (Å²) >= 11 is 0. The van der Waals surface area contributed by atoms with Crippen LogP contribution in [-0.4, -0.2) is 87.8 Å². The van der Waals surface area contributed by atoms with Crippen LogP contribution in [0.3, 0.4) is 0 Å². The number of aromatic nitrogens is 1. The van der Waals surface area contributed by atoms with E-state index in [9.17, 15) is 4.39 Å². The third-order valence-electron chi connectivity index (χ3n) is 9.41. The van der Waals surface area contributed by atoms with E-state index in [1.807, 2.05) is 18.0 Å². The predicted molar refractivity (Wildman–Crippen MR) is 151 cm³/mol. The number of likely N-dealkylation sites (tertiary alicyclic amines) is 1. The Balaban J connectivity index is 1.06. The van der Waals surface area contributed by atoms with Gasteiger partial charge in [0.1, 0.15) is 0 Å². The minimum Gasteiger partial charge on any atom is -0.342 e. The van der Waals surface area contributed by atoms with Crippen LogP contribution in [0.15, 0.2) is 64.2 Å². The van der Waals surface area contributed by atoms with Crippen LogP contribution in [0.2, 0.25) is 0 Å². The van der Waals surface area contributed by atoms with Gasteiger partial charge in [-0.15, -0.1) is 0 Å². The van der Waals surface area contributed by atoms with Crippen molar-refractivity contribution in [2.75, 3.05) is 27.2 Å². The fourth-order valence-corrected chi connectivity index (χ4v) is 7.25. The third kappa shape index (κ3) is 3.86. The first-order chi connectivity index (χ1) is 18.8. The smallest absolute Gasteiger partial charge is 0.206 e. The molecule has 0 radical (unpaired) electrons. The lowest BCUT2D eigenvalue weighted by atomic mass is 9.97. The van der Waals surface area contributed by atoms with Crippen LogP contribution >= 0.6 is 0 Å². The second-order valence-electron chi connectivity index (χ2n) is 11.7. The van der Waals surface area contributed by atoms with Crippen LogP contribution in [-0.2, 0) is 0 Å². The van der Waals surface area contributed by atoms with E-state index in [2.05, 4.69) is 52.2 Å². The second-order valence-corrected chi connectivity index (χ2v) is 11.7. The minimum atomic E-state index is -0.385. The second kappa shape index (κ2) is 8.93. The number of hydrogen-bond donors (Lipinski definition) is 1. The standard InChI is InChI=1S/C29H36FN9/c1-16-12-24(20-10-11-31-13-23(20)30)33-29(36(16)4)37(5)26-21-14-38(15-22(21)26)28-32-17(2)25-18(3)35-39(27(25)34-28)19-8-6-7-9-19/h10-13,19,21-22,25-27H,1-2,6-9,14-15H2,3-5H3,(H,32,34)/t21-,22+,25?,26+,27?. The van der Waals surface area contributed by atoms with Gasteiger partial charge < -0.3 is 20.0 Å². The first-order valence-electron chi connectivity index (χ1n) is 14.0. The molecule has 0 bridgehead atoms. The summed E-state index contributed by atoms with van der Waals surface area (Å²) in [5, 5.41) is 10.7. The molecule has 5 atom stereocenters. The normalized spacial score (nSPS) is 31.9. The van der Waals surface area contributed by atoms with E-state index in [0.717, 1.165) is 42.1 Å². The first kappa shape index (κ1) is 24.4. The number of allylic oxidation sites excluding steroid dienone is 1. The van der Waals surface area contributed by atoms with Gasteiger partial charge in [-0.1, -0.05) is 26.0 Å². The van der Waals surface area contributed by atoms with E-state index < -0.39 is 0 Å². The van der Waals surface area contributed by atoms with Crippen molar-refractivity contribution < 1.29 is 4.39 Å². The Labute approximate surface area is 229 Å². The highest BCUT2D eigenvalue weighted by atomic mass is 19.1. The van der Waals surface area contributed by atoms with E-state index >= 15 is 0 Å². The maximum Gasteiger partial charge on any atom is 0.206 e. The van der Waals surface area contributed by atoms with Crippen molar-refractivity contribution >= 4 is 23.3 Å². The van der Waals surface area contributed by atoms with Gasteiger partial charge in [-0.05, 0) is 31.9 Å². The molecule has 0 amide bonds. The quantitative estimate of drug-likeness (QED) is 0.648. The van der Waals surface area contributed by atoms with Gasteiger partial charge >= 0.3 is 0 Å². The van der Waals surface area contributed by atoms with Crippen molar-refractivity contribution in [3.05, 3.63) is 60.5 Å². The highest BCUT2D eigenvalue weighted by Gasteiger charge is 2.60.